The van der Waals surface area contributed by atoms with Crippen LogP contribution in [-0.4, -0.2) is 18.7 Å². The van der Waals surface area contributed by atoms with E-state index in [9.17, 15) is 0 Å². The van der Waals surface area contributed by atoms with E-state index in [2.05, 4.69) is 26.1 Å². The molecule has 1 aliphatic rings. The van der Waals surface area contributed by atoms with Crippen LogP contribution in [0.1, 0.15) is 32.8 Å². The number of halogens is 1. The maximum Gasteiger partial charge on any atom is 0.0735 e. The third-order valence-corrected chi connectivity index (χ3v) is 4.39. The molecule has 3 heteroatoms. The van der Waals surface area contributed by atoms with E-state index in [0.717, 1.165) is 23.6 Å². The van der Waals surface area contributed by atoms with E-state index in [0.29, 0.717) is 18.8 Å². The van der Waals surface area contributed by atoms with Crippen molar-refractivity contribution in [2.45, 2.75) is 45.9 Å². The maximum absolute atomic E-state index is 6.13. The Kier molecular flexibility index (Phi) is 4.31. The summed E-state index contributed by atoms with van der Waals surface area (Å²) in [5, 5.41) is 4.30. The number of hydrogen-bond donors (Lipinski definition) is 1. The Morgan fingerprint density at radius 2 is 2.11 bits per heavy atom. The zero-order valence-electron chi connectivity index (χ0n) is 11.4. The number of rotatable bonds is 5. The highest BCUT2D eigenvalue weighted by Gasteiger charge is 2.48. The summed E-state index contributed by atoms with van der Waals surface area (Å²) < 4.78 is 6.01. The topological polar surface area (TPSA) is 21.3 Å². The van der Waals surface area contributed by atoms with Crippen molar-refractivity contribution in [1.29, 1.82) is 0 Å². The summed E-state index contributed by atoms with van der Waals surface area (Å²) in [7, 11) is 0. The van der Waals surface area contributed by atoms with E-state index in [4.69, 9.17) is 16.3 Å². The van der Waals surface area contributed by atoms with Crippen LogP contribution in [0.5, 0.6) is 0 Å². The molecule has 0 bridgehead atoms. The Balaban J connectivity index is 1.88. The number of ether oxygens (including phenoxy) is 1. The normalized spacial score (nSPS) is 25.8. The van der Waals surface area contributed by atoms with Gasteiger partial charge in [0.2, 0.25) is 0 Å². The van der Waals surface area contributed by atoms with Gasteiger partial charge in [0.1, 0.15) is 0 Å². The zero-order valence-corrected chi connectivity index (χ0v) is 12.1. The molecular formula is C15H22ClNO. The molecule has 2 nitrogen and oxygen atoms in total. The van der Waals surface area contributed by atoms with Crippen molar-refractivity contribution in [2.24, 2.45) is 5.41 Å². The van der Waals surface area contributed by atoms with Gasteiger partial charge < -0.3 is 10.1 Å². The highest BCUT2D eigenvalue weighted by atomic mass is 35.5. The predicted octanol–water partition coefficient (Wildman–Crippen LogP) is 3.63. The second-order valence-electron chi connectivity index (χ2n) is 5.56. The average molecular weight is 268 g/mol. The minimum absolute atomic E-state index is 0.206. The van der Waals surface area contributed by atoms with Crippen LogP contribution in [0.4, 0.5) is 0 Å². The maximum atomic E-state index is 6.13. The van der Waals surface area contributed by atoms with Crippen LogP contribution in [0.25, 0.3) is 0 Å². The lowest BCUT2D eigenvalue weighted by atomic mass is 9.64. The SMILES string of the molecule is CCNC1CC(OCc2ccccc2Cl)C1(C)C. The molecule has 1 N–H and O–H groups in total. The lowest BCUT2D eigenvalue weighted by molar-refractivity contribution is -0.124. The van der Waals surface area contributed by atoms with Crippen molar-refractivity contribution >= 4 is 11.6 Å². The molecule has 0 aromatic heterocycles. The molecule has 0 amide bonds. The van der Waals surface area contributed by atoms with Crippen LogP contribution in [0.2, 0.25) is 5.02 Å². The Morgan fingerprint density at radius 3 is 2.72 bits per heavy atom. The van der Waals surface area contributed by atoms with Crippen LogP contribution in [0.15, 0.2) is 24.3 Å². The van der Waals surface area contributed by atoms with Gasteiger partial charge in [-0.25, -0.2) is 0 Å². The van der Waals surface area contributed by atoms with E-state index in [-0.39, 0.29) is 5.41 Å². The summed E-state index contributed by atoms with van der Waals surface area (Å²) in [6.45, 7) is 8.30. The first-order chi connectivity index (χ1) is 8.55. The lowest BCUT2D eigenvalue weighted by Crippen LogP contribution is -2.60. The zero-order chi connectivity index (χ0) is 13.2. The molecule has 1 aliphatic carbocycles. The Morgan fingerprint density at radius 1 is 1.39 bits per heavy atom. The predicted molar refractivity (Wildman–Crippen MR) is 75.9 cm³/mol. The van der Waals surface area contributed by atoms with Crippen molar-refractivity contribution < 1.29 is 4.74 Å². The molecule has 2 atom stereocenters. The van der Waals surface area contributed by atoms with Crippen molar-refractivity contribution in [3.05, 3.63) is 34.9 Å². The molecule has 1 saturated carbocycles. The summed E-state index contributed by atoms with van der Waals surface area (Å²) in [4.78, 5) is 0. The summed E-state index contributed by atoms with van der Waals surface area (Å²) in [6.07, 6.45) is 1.41. The minimum Gasteiger partial charge on any atom is -0.373 e. The molecule has 1 aromatic carbocycles. The van der Waals surface area contributed by atoms with Crippen LogP contribution in [0, 0.1) is 5.41 Å². The molecule has 18 heavy (non-hydrogen) atoms. The smallest absolute Gasteiger partial charge is 0.0735 e. The van der Waals surface area contributed by atoms with Gasteiger partial charge in [0.15, 0.2) is 0 Å². The van der Waals surface area contributed by atoms with Gasteiger partial charge in [-0.05, 0) is 24.6 Å². The van der Waals surface area contributed by atoms with Crippen LogP contribution >= 0.6 is 11.6 Å². The summed E-state index contributed by atoms with van der Waals surface area (Å²) in [6, 6.07) is 8.44. The van der Waals surface area contributed by atoms with Gasteiger partial charge in [0.05, 0.1) is 12.7 Å². The second kappa shape index (κ2) is 5.60. The number of benzene rings is 1. The van der Waals surface area contributed by atoms with Crippen molar-refractivity contribution in [1.82, 2.24) is 5.32 Å². The first kappa shape index (κ1) is 13.9. The average Bonchev–Trinajstić information content (AvgIpc) is 2.35. The quantitative estimate of drug-likeness (QED) is 0.880. The van der Waals surface area contributed by atoms with Gasteiger partial charge in [0, 0.05) is 16.5 Å². The molecule has 0 saturated heterocycles. The monoisotopic (exact) mass is 267 g/mol. The van der Waals surface area contributed by atoms with Crippen LogP contribution in [-0.2, 0) is 11.3 Å². The largest absolute Gasteiger partial charge is 0.373 e. The van der Waals surface area contributed by atoms with Gasteiger partial charge in [0.25, 0.3) is 0 Å². The molecule has 2 unspecified atom stereocenters. The first-order valence-electron chi connectivity index (χ1n) is 6.64. The molecule has 0 heterocycles. The summed E-state index contributed by atoms with van der Waals surface area (Å²) >= 11 is 6.13. The number of nitrogens with one attached hydrogen (secondary N) is 1. The molecule has 2 rings (SSSR count). The van der Waals surface area contributed by atoms with Crippen molar-refractivity contribution in [3.63, 3.8) is 0 Å². The van der Waals surface area contributed by atoms with Crippen LogP contribution < -0.4 is 5.32 Å². The molecule has 0 spiro atoms. The van der Waals surface area contributed by atoms with E-state index in [1.807, 2.05) is 24.3 Å². The molecule has 1 aromatic rings. The third kappa shape index (κ3) is 2.71. The molecular weight excluding hydrogens is 246 g/mol. The Hall–Kier alpha value is -0.570. The van der Waals surface area contributed by atoms with E-state index in [1.165, 1.54) is 0 Å². The molecule has 0 aliphatic heterocycles. The van der Waals surface area contributed by atoms with Gasteiger partial charge in [-0.3, -0.25) is 0 Å². The summed E-state index contributed by atoms with van der Waals surface area (Å²) in [5.41, 5.74) is 1.28. The fourth-order valence-electron chi connectivity index (χ4n) is 2.57. The number of hydrogen-bond acceptors (Lipinski definition) is 2. The standard InChI is InChI=1S/C15H22ClNO/c1-4-17-13-9-14(15(13,2)3)18-10-11-7-5-6-8-12(11)16/h5-8,13-14,17H,4,9-10H2,1-3H3. The van der Waals surface area contributed by atoms with Crippen molar-refractivity contribution in [2.75, 3.05) is 6.54 Å². The Bertz CT molecular complexity index is 405. The fourth-order valence-corrected chi connectivity index (χ4v) is 2.76. The second-order valence-corrected chi connectivity index (χ2v) is 5.97. The fraction of sp³-hybridized carbons (Fsp3) is 0.600. The van der Waals surface area contributed by atoms with E-state index < -0.39 is 0 Å². The Labute approximate surface area is 115 Å². The third-order valence-electron chi connectivity index (χ3n) is 4.03. The van der Waals surface area contributed by atoms with Crippen molar-refractivity contribution in [3.8, 4) is 0 Å². The lowest BCUT2D eigenvalue weighted by Gasteiger charge is -2.52. The molecule has 0 radical (unpaired) electrons. The minimum atomic E-state index is 0.206. The van der Waals surface area contributed by atoms with Gasteiger partial charge >= 0.3 is 0 Å². The van der Waals surface area contributed by atoms with Gasteiger partial charge in [-0.2, -0.15) is 0 Å². The molecule has 100 valence electrons. The van der Waals surface area contributed by atoms with E-state index >= 15 is 0 Å². The highest BCUT2D eigenvalue weighted by molar-refractivity contribution is 6.31. The summed E-state index contributed by atoms with van der Waals surface area (Å²) in [5.74, 6) is 0. The van der Waals surface area contributed by atoms with Gasteiger partial charge in [-0.15, -0.1) is 0 Å². The molecule has 1 fully saturated rings. The van der Waals surface area contributed by atoms with Gasteiger partial charge in [-0.1, -0.05) is 50.6 Å². The highest BCUT2D eigenvalue weighted by Crippen LogP contribution is 2.43. The van der Waals surface area contributed by atoms with Crippen LogP contribution in [0.3, 0.4) is 0 Å². The first-order valence-corrected chi connectivity index (χ1v) is 7.02. The van der Waals surface area contributed by atoms with E-state index in [1.54, 1.807) is 0 Å².